The molecule has 2 amide bonds. The molecule has 7 heteroatoms. The number of hydrogen-bond acceptors (Lipinski definition) is 5. The lowest BCUT2D eigenvalue weighted by atomic mass is 9.94. The molecular weight excluding hydrogens is 480 g/mol. The summed E-state index contributed by atoms with van der Waals surface area (Å²) in [5.41, 5.74) is -0.562. The lowest BCUT2D eigenvalue weighted by Crippen LogP contribution is -2.36. The van der Waals surface area contributed by atoms with Crippen molar-refractivity contribution in [2.45, 2.75) is 150 Å². The van der Waals surface area contributed by atoms with Crippen molar-refractivity contribution in [3.63, 3.8) is 0 Å². The highest BCUT2D eigenvalue weighted by Crippen LogP contribution is 2.16. The average Bonchev–Trinajstić information content (AvgIpc) is 2.82. The van der Waals surface area contributed by atoms with Gasteiger partial charge in [-0.15, -0.1) is 0 Å². The lowest BCUT2D eigenvalue weighted by molar-refractivity contribution is -0.145. The molecule has 0 saturated heterocycles. The molecule has 0 aromatic carbocycles. The van der Waals surface area contributed by atoms with Crippen LogP contribution in [0.5, 0.6) is 0 Å². The fourth-order valence-electron chi connectivity index (χ4n) is 4.49. The summed E-state index contributed by atoms with van der Waals surface area (Å²) < 4.78 is 10.6. The number of unbranched alkanes of at least 4 members (excludes halogenated alkanes) is 12. The van der Waals surface area contributed by atoms with Crippen molar-refractivity contribution in [3.8, 4) is 0 Å². The second kappa shape index (κ2) is 23.1. The van der Waals surface area contributed by atoms with E-state index in [2.05, 4.69) is 31.4 Å². The van der Waals surface area contributed by atoms with Crippen molar-refractivity contribution in [2.75, 3.05) is 19.7 Å². The van der Waals surface area contributed by atoms with Gasteiger partial charge in [-0.1, -0.05) is 97.8 Å². The number of nitrogens with one attached hydrogen (secondary N) is 2. The second-order valence-electron chi connectivity index (χ2n) is 12.1. The highest BCUT2D eigenvalue weighted by Gasteiger charge is 2.20. The van der Waals surface area contributed by atoms with Crippen LogP contribution in [0.2, 0.25) is 0 Å². The second-order valence-corrected chi connectivity index (χ2v) is 12.1. The summed E-state index contributed by atoms with van der Waals surface area (Å²) in [4.78, 5) is 36.2. The Balaban J connectivity index is 3.80. The minimum atomic E-state index is -0.562. The number of amides is 2. The predicted octanol–water partition coefficient (Wildman–Crippen LogP) is 7.70. The Morgan fingerprint density at radius 2 is 1.29 bits per heavy atom. The standard InChI is InChI=1S/C31H60N2O5/c1-7-8-9-10-11-12-13-14-15-16-17-18-19-20-28(34)32-21-22-37-29(35)24-27(23-26(2)3)25-33-30(36)38-31(4,5)6/h26-27H,7-25H2,1-6H3,(H,32,34)(H,33,36)/t27-/m0/s1. The van der Waals surface area contributed by atoms with Crippen LogP contribution in [-0.2, 0) is 19.1 Å². The largest absolute Gasteiger partial charge is 0.464 e. The van der Waals surface area contributed by atoms with E-state index in [0.717, 1.165) is 19.3 Å². The molecule has 0 aliphatic carbocycles. The van der Waals surface area contributed by atoms with Crippen molar-refractivity contribution >= 4 is 18.0 Å². The molecule has 0 radical (unpaired) electrons. The van der Waals surface area contributed by atoms with Gasteiger partial charge in [0.05, 0.1) is 13.0 Å². The summed E-state index contributed by atoms with van der Waals surface area (Å²) in [6.07, 6.45) is 17.8. The molecule has 0 aliphatic rings. The SMILES string of the molecule is CCCCCCCCCCCCCCCC(=O)NCCOC(=O)C[C@@H](CNC(=O)OC(C)(C)C)CC(C)C. The molecule has 0 unspecified atom stereocenters. The molecule has 38 heavy (non-hydrogen) atoms. The van der Waals surface area contributed by atoms with Crippen molar-refractivity contribution in [1.82, 2.24) is 10.6 Å². The minimum absolute atomic E-state index is 0.0170. The van der Waals surface area contributed by atoms with Gasteiger partial charge in [0.2, 0.25) is 5.91 Å². The van der Waals surface area contributed by atoms with Crippen LogP contribution in [0.4, 0.5) is 4.79 Å². The van der Waals surface area contributed by atoms with Crippen LogP contribution in [0, 0.1) is 11.8 Å². The Kier molecular flexibility index (Phi) is 22.0. The Morgan fingerprint density at radius 3 is 1.79 bits per heavy atom. The van der Waals surface area contributed by atoms with Crippen LogP contribution in [0.3, 0.4) is 0 Å². The molecule has 7 nitrogen and oxygen atoms in total. The summed E-state index contributed by atoms with van der Waals surface area (Å²) >= 11 is 0. The van der Waals surface area contributed by atoms with Crippen LogP contribution in [0.1, 0.15) is 144 Å². The topological polar surface area (TPSA) is 93.7 Å². The summed E-state index contributed by atoms with van der Waals surface area (Å²) in [5.74, 6) is 0.0635. The van der Waals surface area contributed by atoms with E-state index < -0.39 is 11.7 Å². The van der Waals surface area contributed by atoms with Crippen molar-refractivity contribution in [2.24, 2.45) is 11.8 Å². The van der Waals surface area contributed by atoms with Gasteiger partial charge in [-0.2, -0.15) is 0 Å². The van der Waals surface area contributed by atoms with Gasteiger partial charge in [-0.05, 0) is 45.4 Å². The normalized spacial score (nSPS) is 12.3. The molecule has 2 N–H and O–H groups in total. The molecule has 0 heterocycles. The lowest BCUT2D eigenvalue weighted by Gasteiger charge is -2.22. The number of ether oxygens (including phenoxy) is 2. The van der Waals surface area contributed by atoms with Crippen molar-refractivity contribution < 1.29 is 23.9 Å². The van der Waals surface area contributed by atoms with E-state index >= 15 is 0 Å². The molecule has 0 aromatic rings. The zero-order valence-corrected chi connectivity index (χ0v) is 25.6. The van der Waals surface area contributed by atoms with E-state index in [4.69, 9.17) is 9.47 Å². The van der Waals surface area contributed by atoms with Gasteiger partial charge in [-0.25, -0.2) is 4.79 Å². The van der Waals surface area contributed by atoms with E-state index in [1.165, 1.54) is 70.6 Å². The zero-order valence-electron chi connectivity index (χ0n) is 25.6. The molecule has 0 aliphatic heterocycles. The number of carbonyl (C=O) groups excluding carboxylic acids is 3. The van der Waals surface area contributed by atoms with Crippen LogP contribution in [0.15, 0.2) is 0 Å². The Hall–Kier alpha value is -1.79. The van der Waals surface area contributed by atoms with E-state index in [1.54, 1.807) is 0 Å². The molecule has 0 aromatic heterocycles. The first kappa shape index (κ1) is 36.2. The quantitative estimate of drug-likeness (QED) is 0.102. The number of alkyl carbamates (subject to hydrolysis) is 1. The first-order valence-electron chi connectivity index (χ1n) is 15.4. The Morgan fingerprint density at radius 1 is 0.763 bits per heavy atom. The zero-order chi connectivity index (χ0) is 28.7. The van der Waals surface area contributed by atoms with Gasteiger partial charge >= 0.3 is 12.1 Å². The van der Waals surface area contributed by atoms with Gasteiger partial charge in [0.25, 0.3) is 0 Å². The van der Waals surface area contributed by atoms with Crippen LogP contribution < -0.4 is 10.6 Å². The average molecular weight is 541 g/mol. The first-order chi connectivity index (χ1) is 18.0. The maximum atomic E-state index is 12.3. The number of carbonyl (C=O) groups is 3. The van der Waals surface area contributed by atoms with E-state index in [9.17, 15) is 14.4 Å². The van der Waals surface area contributed by atoms with Crippen LogP contribution >= 0.6 is 0 Å². The third-order valence-electron chi connectivity index (χ3n) is 6.39. The molecule has 1 atom stereocenters. The van der Waals surface area contributed by atoms with Crippen LogP contribution in [0.25, 0.3) is 0 Å². The maximum Gasteiger partial charge on any atom is 0.407 e. The molecule has 224 valence electrons. The fraction of sp³-hybridized carbons (Fsp3) is 0.903. The summed E-state index contributed by atoms with van der Waals surface area (Å²) in [7, 11) is 0. The highest BCUT2D eigenvalue weighted by atomic mass is 16.6. The number of rotatable bonds is 23. The van der Waals surface area contributed by atoms with Gasteiger partial charge in [0.1, 0.15) is 12.2 Å². The molecule has 0 rings (SSSR count). The van der Waals surface area contributed by atoms with Crippen LogP contribution in [-0.4, -0.2) is 43.3 Å². The first-order valence-corrected chi connectivity index (χ1v) is 15.4. The van der Waals surface area contributed by atoms with Gasteiger partial charge < -0.3 is 20.1 Å². The summed E-state index contributed by atoms with van der Waals surface area (Å²) in [5, 5.41) is 5.60. The van der Waals surface area contributed by atoms with E-state index in [1.807, 2.05) is 20.8 Å². The number of hydrogen-bond donors (Lipinski definition) is 2. The third kappa shape index (κ3) is 25.8. The van der Waals surface area contributed by atoms with Gasteiger partial charge in [0.15, 0.2) is 0 Å². The summed E-state index contributed by atoms with van der Waals surface area (Å²) in [6.45, 7) is 12.7. The van der Waals surface area contributed by atoms with E-state index in [0.29, 0.717) is 25.4 Å². The van der Waals surface area contributed by atoms with Crippen molar-refractivity contribution in [3.05, 3.63) is 0 Å². The molecule has 0 spiro atoms. The van der Waals surface area contributed by atoms with Crippen molar-refractivity contribution in [1.29, 1.82) is 0 Å². The van der Waals surface area contributed by atoms with E-state index in [-0.39, 0.29) is 30.8 Å². The number of esters is 1. The fourth-order valence-corrected chi connectivity index (χ4v) is 4.49. The predicted molar refractivity (Wildman–Crippen MR) is 156 cm³/mol. The monoisotopic (exact) mass is 540 g/mol. The molecule has 0 bridgehead atoms. The van der Waals surface area contributed by atoms with Gasteiger partial charge in [-0.3, -0.25) is 9.59 Å². The summed E-state index contributed by atoms with van der Waals surface area (Å²) in [6, 6.07) is 0. The maximum absolute atomic E-state index is 12.3. The third-order valence-corrected chi connectivity index (χ3v) is 6.39. The Bertz CT molecular complexity index is 616. The minimum Gasteiger partial charge on any atom is -0.464 e. The Labute approximate surface area is 233 Å². The highest BCUT2D eigenvalue weighted by molar-refractivity contribution is 5.75. The smallest absolute Gasteiger partial charge is 0.407 e. The molecule has 0 saturated carbocycles. The molecular formula is C31H60N2O5. The van der Waals surface area contributed by atoms with Gasteiger partial charge in [0, 0.05) is 13.0 Å². The molecule has 0 fully saturated rings.